The summed E-state index contributed by atoms with van der Waals surface area (Å²) in [5.74, 6) is -1.13. The summed E-state index contributed by atoms with van der Waals surface area (Å²) in [7, 11) is 0. The molecule has 6 heteroatoms. The second-order valence-electron chi connectivity index (χ2n) is 6.66. The first kappa shape index (κ1) is 16.2. The summed E-state index contributed by atoms with van der Waals surface area (Å²) in [6.07, 6.45) is 4.17. The number of carbonyl (C=O) groups is 1. The lowest BCUT2D eigenvalue weighted by Crippen LogP contribution is -2.50. The maximum absolute atomic E-state index is 13.9. The van der Waals surface area contributed by atoms with Crippen LogP contribution < -0.4 is 10.6 Å². The van der Waals surface area contributed by atoms with Crippen molar-refractivity contribution in [1.29, 1.82) is 0 Å². The first-order valence-electron chi connectivity index (χ1n) is 8.19. The fourth-order valence-corrected chi connectivity index (χ4v) is 3.42. The maximum Gasteiger partial charge on any atom is 0.315 e. The van der Waals surface area contributed by atoms with Crippen molar-refractivity contribution < 1.29 is 18.7 Å². The Labute approximate surface area is 134 Å². The van der Waals surface area contributed by atoms with Crippen molar-refractivity contribution in [3.05, 3.63) is 35.4 Å². The van der Waals surface area contributed by atoms with Gasteiger partial charge < -0.3 is 15.7 Å². The standard InChI is InChI=1S/C17H22F2N2O2/c18-11-4-3-5-12(19)15(11)17(8-9-17)10-20-16(23)21-13-6-1-2-7-14(13)22/h3-5,13-14,22H,1-2,6-10H2,(H2,20,21,23). The monoisotopic (exact) mass is 324 g/mol. The number of amides is 2. The minimum atomic E-state index is -0.641. The molecule has 0 radical (unpaired) electrons. The molecule has 1 aromatic carbocycles. The van der Waals surface area contributed by atoms with Gasteiger partial charge in [-0.05, 0) is 37.8 Å². The van der Waals surface area contributed by atoms with Gasteiger partial charge in [-0.15, -0.1) is 0 Å². The molecule has 2 saturated carbocycles. The van der Waals surface area contributed by atoms with Crippen LogP contribution in [0.25, 0.3) is 0 Å². The van der Waals surface area contributed by atoms with Gasteiger partial charge in [0.25, 0.3) is 0 Å². The second kappa shape index (κ2) is 6.43. The minimum Gasteiger partial charge on any atom is -0.391 e. The summed E-state index contributed by atoms with van der Waals surface area (Å²) >= 11 is 0. The van der Waals surface area contributed by atoms with Crippen LogP contribution in [0, 0.1) is 11.6 Å². The van der Waals surface area contributed by atoms with E-state index in [2.05, 4.69) is 10.6 Å². The van der Waals surface area contributed by atoms with Gasteiger partial charge in [0.15, 0.2) is 0 Å². The smallest absolute Gasteiger partial charge is 0.315 e. The number of hydrogen-bond acceptors (Lipinski definition) is 2. The number of urea groups is 1. The van der Waals surface area contributed by atoms with Gasteiger partial charge in [0.1, 0.15) is 11.6 Å². The van der Waals surface area contributed by atoms with Gasteiger partial charge in [-0.25, -0.2) is 13.6 Å². The number of halogens is 2. The summed E-state index contributed by atoms with van der Waals surface area (Å²) in [6.45, 7) is 0.194. The Kier molecular flexibility index (Phi) is 4.53. The van der Waals surface area contributed by atoms with E-state index in [9.17, 15) is 18.7 Å². The average molecular weight is 324 g/mol. The van der Waals surface area contributed by atoms with Crippen LogP contribution >= 0.6 is 0 Å². The SMILES string of the molecule is O=C(NCC1(c2c(F)cccc2F)CC1)NC1CCCCC1O. The fraction of sp³-hybridized carbons (Fsp3) is 0.588. The molecule has 0 spiro atoms. The van der Waals surface area contributed by atoms with Crippen molar-refractivity contribution in [2.75, 3.05) is 6.54 Å². The van der Waals surface area contributed by atoms with E-state index < -0.39 is 23.2 Å². The number of aliphatic hydroxyl groups excluding tert-OH is 1. The van der Waals surface area contributed by atoms with Gasteiger partial charge >= 0.3 is 6.03 Å². The number of benzene rings is 1. The van der Waals surface area contributed by atoms with Gasteiger partial charge in [-0.2, -0.15) is 0 Å². The predicted octanol–water partition coefficient (Wildman–Crippen LogP) is 2.60. The van der Waals surface area contributed by atoms with Crippen molar-refractivity contribution in [2.24, 2.45) is 0 Å². The van der Waals surface area contributed by atoms with Gasteiger partial charge in [0.05, 0.1) is 12.1 Å². The second-order valence-corrected chi connectivity index (χ2v) is 6.66. The molecule has 0 bridgehead atoms. The molecule has 2 amide bonds. The molecule has 4 nitrogen and oxygen atoms in total. The molecule has 3 N–H and O–H groups in total. The quantitative estimate of drug-likeness (QED) is 0.797. The first-order chi connectivity index (χ1) is 11.0. The molecule has 2 unspecified atom stereocenters. The summed E-state index contributed by atoms with van der Waals surface area (Å²) in [5, 5.41) is 15.3. The molecule has 23 heavy (non-hydrogen) atoms. The molecule has 3 rings (SSSR count). The van der Waals surface area contributed by atoms with Crippen LogP contribution in [0.2, 0.25) is 0 Å². The van der Waals surface area contributed by atoms with Crippen LogP contribution in [0.15, 0.2) is 18.2 Å². The molecular formula is C17H22F2N2O2. The van der Waals surface area contributed by atoms with E-state index in [0.29, 0.717) is 19.3 Å². The average Bonchev–Trinajstić information content (AvgIpc) is 3.28. The molecule has 0 heterocycles. The minimum absolute atomic E-state index is 0.0676. The van der Waals surface area contributed by atoms with Crippen LogP contribution in [0.5, 0.6) is 0 Å². The molecule has 2 atom stereocenters. The summed E-state index contributed by atoms with van der Waals surface area (Å²) in [4.78, 5) is 12.0. The van der Waals surface area contributed by atoms with Crippen molar-refractivity contribution in [1.82, 2.24) is 10.6 Å². The molecule has 2 aliphatic rings. The zero-order valence-electron chi connectivity index (χ0n) is 12.9. The Morgan fingerprint density at radius 1 is 1.22 bits per heavy atom. The van der Waals surface area contributed by atoms with E-state index in [1.807, 2.05) is 0 Å². The number of hydrogen-bond donors (Lipinski definition) is 3. The van der Waals surface area contributed by atoms with Crippen LogP contribution in [-0.2, 0) is 5.41 Å². The van der Waals surface area contributed by atoms with Crippen LogP contribution in [0.3, 0.4) is 0 Å². The highest BCUT2D eigenvalue weighted by atomic mass is 19.1. The Morgan fingerprint density at radius 3 is 2.48 bits per heavy atom. The topological polar surface area (TPSA) is 61.4 Å². The van der Waals surface area contributed by atoms with Gasteiger partial charge in [-0.1, -0.05) is 18.9 Å². The molecule has 2 fully saturated rings. The van der Waals surface area contributed by atoms with E-state index in [-0.39, 0.29) is 24.2 Å². The lowest BCUT2D eigenvalue weighted by Gasteiger charge is -2.28. The van der Waals surface area contributed by atoms with Crippen molar-refractivity contribution in [3.8, 4) is 0 Å². The zero-order chi connectivity index (χ0) is 16.4. The highest BCUT2D eigenvalue weighted by Crippen LogP contribution is 2.49. The van der Waals surface area contributed by atoms with Crippen LogP contribution in [0.1, 0.15) is 44.1 Å². The molecule has 0 aromatic heterocycles. The Balaban J connectivity index is 1.58. The first-order valence-corrected chi connectivity index (χ1v) is 8.19. The highest BCUT2D eigenvalue weighted by molar-refractivity contribution is 5.74. The third-order valence-corrected chi connectivity index (χ3v) is 4.98. The van der Waals surface area contributed by atoms with Crippen molar-refractivity contribution in [2.45, 2.75) is 56.1 Å². The van der Waals surface area contributed by atoms with E-state index in [4.69, 9.17) is 0 Å². The molecule has 2 aliphatic carbocycles. The number of rotatable bonds is 4. The molecule has 126 valence electrons. The normalized spacial score (nSPS) is 25.7. The lowest BCUT2D eigenvalue weighted by atomic mass is 9.92. The molecule has 0 aliphatic heterocycles. The zero-order valence-corrected chi connectivity index (χ0v) is 12.9. The molecule has 1 aromatic rings. The third kappa shape index (κ3) is 3.47. The van der Waals surface area contributed by atoms with Crippen LogP contribution in [0.4, 0.5) is 13.6 Å². The van der Waals surface area contributed by atoms with E-state index in [1.54, 1.807) is 0 Å². The Bertz CT molecular complexity index is 570. The summed E-state index contributed by atoms with van der Waals surface area (Å²) < 4.78 is 27.9. The van der Waals surface area contributed by atoms with Gasteiger partial charge in [0.2, 0.25) is 0 Å². The summed E-state index contributed by atoms with van der Waals surface area (Å²) in [6, 6.07) is 3.20. The maximum atomic E-state index is 13.9. The fourth-order valence-electron chi connectivity index (χ4n) is 3.42. The van der Waals surface area contributed by atoms with Gasteiger partial charge in [0, 0.05) is 17.5 Å². The van der Waals surface area contributed by atoms with E-state index >= 15 is 0 Å². The number of aliphatic hydroxyl groups is 1. The lowest BCUT2D eigenvalue weighted by molar-refractivity contribution is 0.0943. The number of carbonyl (C=O) groups excluding carboxylic acids is 1. The summed E-state index contributed by atoms with van der Waals surface area (Å²) in [5.41, 5.74) is -0.573. The largest absolute Gasteiger partial charge is 0.391 e. The Morgan fingerprint density at radius 2 is 1.87 bits per heavy atom. The van der Waals surface area contributed by atoms with E-state index in [1.165, 1.54) is 18.2 Å². The predicted molar refractivity (Wildman–Crippen MR) is 82.1 cm³/mol. The number of nitrogens with one attached hydrogen (secondary N) is 2. The van der Waals surface area contributed by atoms with E-state index in [0.717, 1.165) is 19.3 Å². The molecule has 0 saturated heterocycles. The van der Waals surface area contributed by atoms with Gasteiger partial charge in [-0.3, -0.25) is 0 Å². The Hall–Kier alpha value is -1.69. The van der Waals surface area contributed by atoms with Crippen molar-refractivity contribution in [3.63, 3.8) is 0 Å². The van der Waals surface area contributed by atoms with Crippen LogP contribution in [-0.4, -0.2) is 29.8 Å². The highest BCUT2D eigenvalue weighted by Gasteiger charge is 2.48. The van der Waals surface area contributed by atoms with Crippen molar-refractivity contribution >= 4 is 6.03 Å². The molecular weight excluding hydrogens is 302 g/mol. The third-order valence-electron chi connectivity index (χ3n) is 4.98.